The Morgan fingerprint density at radius 3 is 2.81 bits per heavy atom. The number of pyridine rings is 3. The summed E-state index contributed by atoms with van der Waals surface area (Å²) in [6.45, 7) is 6.11. The standard InChI is InChI=1S/C27H29N9O/c1-16(2)12-22(37)30-18-13-17(14-28-15-18)19-6-7-20-23(31-19)25(35-34-20)27-32-24-21(8-9-29-26(24)33-27)36-10-4-3-5-11-36/h6-9,13-16H,3-5,10-12H2,1-2H3,(H,30,37)(H,34,35)(H,29,32,33). The summed E-state index contributed by atoms with van der Waals surface area (Å²) in [6, 6.07) is 7.79. The van der Waals surface area contributed by atoms with Gasteiger partial charge in [-0.2, -0.15) is 5.10 Å². The quantitative estimate of drug-likeness (QED) is 0.304. The number of aromatic nitrogens is 7. The van der Waals surface area contributed by atoms with Crippen LogP contribution in [0.25, 0.3) is 45.0 Å². The van der Waals surface area contributed by atoms with Gasteiger partial charge in [-0.1, -0.05) is 13.8 Å². The molecule has 0 unspecified atom stereocenters. The lowest BCUT2D eigenvalue weighted by molar-refractivity contribution is -0.116. The van der Waals surface area contributed by atoms with Gasteiger partial charge in [0.25, 0.3) is 0 Å². The fraction of sp³-hybridized carbons (Fsp3) is 0.333. The zero-order chi connectivity index (χ0) is 25.4. The van der Waals surface area contributed by atoms with Crippen molar-refractivity contribution in [2.75, 3.05) is 23.3 Å². The first-order valence-corrected chi connectivity index (χ1v) is 12.8. The Morgan fingerprint density at radius 2 is 1.97 bits per heavy atom. The van der Waals surface area contributed by atoms with E-state index in [1.54, 1.807) is 12.4 Å². The Labute approximate surface area is 214 Å². The molecule has 10 nitrogen and oxygen atoms in total. The Hall–Kier alpha value is -4.34. The number of rotatable bonds is 6. The van der Waals surface area contributed by atoms with E-state index in [1.165, 1.54) is 19.3 Å². The topological polar surface area (TPSA) is 128 Å². The molecule has 0 aliphatic carbocycles. The van der Waals surface area contributed by atoms with Crippen LogP contribution in [0.1, 0.15) is 39.5 Å². The van der Waals surface area contributed by atoms with Gasteiger partial charge in [-0.05, 0) is 49.4 Å². The number of fused-ring (bicyclic) bond motifs is 2. The maximum Gasteiger partial charge on any atom is 0.224 e. The van der Waals surface area contributed by atoms with Crippen molar-refractivity contribution in [1.29, 1.82) is 0 Å². The number of hydrogen-bond acceptors (Lipinski definition) is 7. The van der Waals surface area contributed by atoms with Crippen LogP contribution in [0.15, 0.2) is 42.9 Å². The van der Waals surface area contributed by atoms with Gasteiger partial charge in [0, 0.05) is 37.5 Å². The van der Waals surface area contributed by atoms with Gasteiger partial charge in [0.2, 0.25) is 5.91 Å². The van der Waals surface area contributed by atoms with E-state index in [2.05, 4.69) is 41.4 Å². The van der Waals surface area contributed by atoms with E-state index in [-0.39, 0.29) is 11.8 Å². The van der Waals surface area contributed by atoms with Crippen LogP contribution in [0, 0.1) is 5.92 Å². The first-order valence-electron chi connectivity index (χ1n) is 12.8. The molecule has 5 aromatic heterocycles. The first kappa shape index (κ1) is 23.1. The van der Waals surface area contributed by atoms with E-state index >= 15 is 0 Å². The minimum Gasteiger partial charge on any atom is -0.370 e. The third-order valence-electron chi connectivity index (χ3n) is 6.61. The van der Waals surface area contributed by atoms with Gasteiger partial charge < -0.3 is 15.2 Å². The number of aromatic amines is 2. The van der Waals surface area contributed by atoms with Gasteiger partial charge in [0.1, 0.15) is 11.0 Å². The molecule has 1 aliphatic rings. The Balaban J connectivity index is 1.35. The Bertz CT molecular complexity index is 1580. The first-order chi connectivity index (χ1) is 18.0. The molecule has 10 heteroatoms. The highest BCUT2D eigenvalue weighted by Crippen LogP contribution is 2.31. The van der Waals surface area contributed by atoms with Crippen molar-refractivity contribution in [3.63, 3.8) is 0 Å². The van der Waals surface area contributed by atoms with Gasteiger partial charge in [0.05, 0.1) is 28.8 Å². The molecule has 1 fully saturated rings. The molecule has 0 aromatic carbocycles. The zero-order valence-electron chi connectivity index (χ0n) is 21.0. The lowest BCUT2D eigenvalue weighted by Gasteiger charge is -2.28. The van der Waals surface area contributed by atoms with E-state index in [0.717, 1.165) is 41.1 Å². The summed E-state index contributed by atoms with van der Waals surface area (Å²) < 4.78 is 0. The van der Waals surface area contributed by atoms with Crippen LogP contribution in [0.4, 0.5) is 11.4 Å². The van der Waals surface area contributed by atoms with Crippen molar-refractivity contribution in [2.45, 2.75) is 39.5 Å². The summed E-state index contributed by atoms with van der Waals surface area (Å²) in [5.41, 5.74) is 7.02. The van der Waals surface area contributed by atoms with E-state index in [1.807, 2.05) is 38.2 Å². The van der Waals surface area contributed by atoms with Gasteiger partial charge in [-0.25, -0.2) is 15.0 Å². The number of carbonyl (C=O) groups is 1. The van der Waals surface area contributed by atoms with E-state index in [4.69, 9.17) is 9.97 Å². The number of hydrogen-bond donors (Lipinski definition) is 3. The molecular formula is C27H29N9O. The second-order valence-corrected chi connectivity index (χ2v) is 9.94. The van der Waals surface area contributed by atoms with Crippen molar-refractivity contribution in [3.05, 3.63) is 42.9 Å². The second-order valence-electron chi connectivity index (χ2n) is 9.94. The molecule has 5 aromatic rings. The number of H-pyrrole nitrogens is 2. The van der Waals surface area contributed by atoms with Crippen molar-refractivity contribution in [1.82, 2.24) is 35.1 Å². The normalized spacial score (nSPS) is 14.1. The highest BCUT2D eigenvalue weighted by atomic mass is 16.1. The number of nitrogens with zero attached hydrogens (tertiary/aromatic N) is 6. The van der Waals surface area contributed by atoms with Crippen molar-refractivity contribution in [3.8, 4) is 22.8 Å². The average molecular weight is 496 g/mol. The zero-order valence-corrected chi connectivity index (χ0v) is 21.0. The number of carbonyl (C=O) groups excluding carboxylic acids is 1. The van der Waals surface area contributed by atoms with Crippen LogP contribution in [-0.4, -0.2) is 54.1 Å². The van der Waals surface area contributed by atoms with Crippen LogP contribution in [0.2, 0.25) is 0 Å². The minimum atomic E-state index is -0.0306. The van der Waals surface area contributed by atoms with Crippen LogP contribution < -0.4 is 10.2 Å². The maximum absolute atomic E-state index is 12.2. The predicted octanol–water partition coefficient (Wildman–Crippen LogP) is 4.93. The summed E-state index contributed by atoms with van der Waals surface area (Å²) >= 11 is 0. The molecule has 0 atom stereocenters. The third kappa shape index (κ3) is 4.62. The second kappa shape index (κ2) is 9.61. The monoisotopic (exact) mass is 495 g/mol. The molecule has 6 heterocycles. The third-order valence-corrected chi connectivity index (χ3v) is 6.61. The fourth-order valence-corrected chi connectivity index (χ4v) is 4.86. The smallest absolute Gasteiger partial charge is 0.224 e. The van der Waals surface area contributed by atoms with Gasteiger partial charge in [-0.3, -0.25) is 14.9 Å². The molecule has 37 heavy (non-hydrogen) atoms. The predicted molar refractivity (Wildman–Crippen MR) is 144 cm³/mol. The van der Waals surface area contributed by atoms with Crippen LogP contribution >= 0.6 is 0 Å². The molecule has 0 radical (unpaired) electrons. The molecule has 3 N–H and O–H groups in total. The molecule has 0 spiro atoms. The fourth-order valence-electron chi connectivity index (χ4n) is 4.86. The SMILES string of the molecule is CC(C)CC(=O)Nc1cncc(-c2ccc3[nH]nc(-c4nc5nccc(N6CCCCC6)c5[nH]4)c3n2)c1. The summed E-state index contributed by atoms with van der Waals surface area (Å²) in [7, 11) is 0. The van der Waals surface area contributed by atoms with E-state index in [0.29, 0.717) is 34.8 Å². The van der Waals surface area contributed by atoms with Crippen molar-refractivity contribution >= 4 is 39.5 Å². The van der Waals surface area contributed by atoms with Crippen molar-refractivity contribution < 1.29 is 4.79 Å². The van der Waals surface area contributed by atoms with Crippen molar-refractivity contribution in [2.24, 2.45) is 5.92 Å². The molecule has 1 saturated heterocycles. The highest BCUT2D eigenvalue weighted by Gasteiger charge is 2.20. The summed E-state index contributed by atoms with van der Waals surface area (Å²) in [5.74, 6) is 0.872. The molecule has 1 amide bonds. The van der Waals surface area contributed by atoms with E-state index < -0.39 is 0 Å². The summed E-state index contributed by atoms with van der Waals surface area (Å²) in [4.78, 5) is 36.5. The molecule has 0 saturated carbocycles. The van der Waals surface area contributed by atoms with Gasteiger partial charge in [-0.15, -0.1) is 0 Å². The summed E-state index contributed by atoms with van der Waals surface area (Å²) in [5, 5.41) is 10.5. The number of nitrogens with one attached hydrogen (secondary N) is 3. The van der Waals surface area contributed by atoms with Gasteiger partial charge >= 0.3 is 0 Å². The molecule has 188 valence electrons. The van der Waals surface area contributed by atoms with Gasteiger partial charge in [0.15, 0.2) is 17.2 Å². The van der Waals surface area contributed by atoms with Crippen LogP contribution in [0.5, 0.6) is 0 Å². The van der Waals surface area contributed by atoms with Crippen LogP contribution in [-0.2, 0) is 4.79 Å². The molecule has 1 aliphatic heterocycles. The number of amides is 1. The average Bonchev–Trinajstić information content (AvgIpc) is 3.52. The lowest BCUT2D eigenvalue weighted by atomic mass is 10.1. The summed E-state index contributed by atoms with van der Waals surface area (Å²) in [6.07, 6.45) is 9.31. The maximum atomic E-state index is 12.2. The lowest BCUT2D eigenvalue weighted by Crippen LogP contribution is -2.29. The molecule has 6 rings (SSSR count). The number of anilines is 2. The Kier molecular flexibility index (Phi) is 5.99. The Morgan fingerprint density at radius 1 is 1.11 bits per heavy atom. The number of piperidine rings is 1. The molecular weight excluding hydrogens is 466 g/mol. The largest absolute Gasteiger partial charge is 0.370 e. The van der Waals surface area contributed by atoms with E-state index in [9.17, 15) is 4.79 Å². The highest BCUT2D eigenvalue weighted by molar-refractivity contribution is 5.94. The minimum absolute atomic E-state index is 0.0306. The molecule has 0 bridgehead atoms. The van der Waals surface area contributed by atoms with Crippen LogP contribution in [0.3, 0.4) is 0 Å². The number of imidazole rings is 1.